The summed E-state index contributed by atoms with van der Waals surface area (Å²) in [6, 6.07) is 12.5. The van der Waals surface area contributed by atoms with Crippen molar-refractivity contribution < 1.29 is 8.42 Å². The van der Waals surface area contributed by atoms with Crippen LogP contribution >= 0.6 is 0 Å². The molecule has 128 valence electrons. The number of hydrogen-bond donors (Lipinski definition) is 1. The third-order valence-corrected chi connectivity index (χ3v) is 6.43. The van der Waals surface area contributed by atoms with Crippen LogP contribution in [-0.2, 0) is 16.4 Å². The molecule has 5 rings (SSSR count). The standard InChI is InChI=1S/C19H13N3O3S/c23-19-16-4-2-1-3-15(16)17-10-12-9-13(5-6-14(12)18(17)21-19)26(24,25)22-8-7-20-11-22/h1-9,11H,10H2,(H,21,23). The van der Waals surface area contributed by atoms with Crippen LogP contribution in [0.3, 0.4) is 0 Å². The van der Waals surface area contributed by atoms with Gasteiger partial charge >= 0.3 is 0 Å². The number of pyridine rings is 1. The van der Waals surface area contributed by atoms with Crippen molar-refractivity contribution in [2.75, 3.05) is 0 Å². The Labute approximate surface area is 148 Å². The maximum absolute atomic E-state index is 12.7. The van der Waals surface area contributed by atoms with Crippen LogP contribution in [0.1, 0.15) is 11.1 Å². The van der Waals surface area contributed by atoms with E-state index in [2.05, 4.69) is 9.97 Å². The monoisotopic (exact) mass is 363 g/mol. The van der Waals surface area contributed by atoms with Gasteiger partial charge in [0.05, 0.1) is 10.6 Å². The molecule has 26 heavy (non-hydrogen) atoms. The van der Waals surface area contributed by atoms with Crippen molar-refractivity contribution in [2.24, 2.45) is 0 Å². The molecule has 0 aliphatic heterocycles. The van der Waals surface area contributed by atoms with E-state index in [4.69, 9.17) is 0 Å². The number of nitrogens with zero attached hydrogens (tertiary/aromatic N) is 2. The highest BCUT2D eigenvalue weighted by molar-refractivity contribution is 7.90. The molecular weight excluding hydrogens is 350 g/mol. The number of imidazole rings is 1. The third kappa shape index (κ3) is 2.01. The van der Waals surface area contributed by atoms with Crippen LogP contribution in [0.15, 0.2) is 70.9 Å². The van der Waals surface area contributed by atoms with Crippen LogP contribution < -0.4 is 5.56 Å². The number of benzene rings is 2. The lowest BCUT2D eigenvalue weighted by molar-refractivity contribution is 0.587. The second kappa shape index (κ2) is 5.15. The fraction of sp³-hybridized carbons (Fsp3) is 0.0526. The summed E-state index contributed by atoms with van der Waals surface area (Å²) in [6.45, 7) is 0. The normalized spacial score (nSPS) is 12.9. The minimum atomic E-state index is -3.67. The van der Waals surface area contributed by atoms with E-state index in [1.807, 2.05) is 18.2 Å². The maximum atomic E-state index is 12.7. The molecule has 2 aromatic heterocycles. The first-order valence-corrected chi connectivity index (χ1v) is 9.50. The molecule has 6 nitrogen and oxygen atoms in total. The van der Waals surface area contributed by atoms with Crippen LogP contribution in [0.4, 0.5) is 0 Å². The van der Waals surface area contributed by atoms with Crippen molar-refractivity contribution in [1.29, 1.82) is 0 Å². The van der Waals surface area contributed by atoms with Crippen LogP contribution in [0, 0.1) is 0 Å². The molecule has 0 saturated carbocycles. The number of hydrogen-bond acceptors (Lipinski definition) is 4. The SMILES string of the molecule is O=c1[nH]c2c(c3ccccc13)Cc1cc(S(=O)(=O)n3ccnc3)ccc1-2. The van der Waals surface area contributed by atoms with E-state index in [1.165, 1.54) is 18.7 Å². The Morgan fingerprint density at radius 2 is 1.88 bits per heavy atom. The zero-order valence-corrected chi connectivity index (χ0v) is 14.3. The lowest BCUT2D eigenvalue weighted by atomic mass is 10.0. The predicted octanol–water partition coefficient (Wildman–Crippen LogP) is 2.53. The summed E-state index contributed by atoms with van der Waals surface area (Å²) in [7, 11) is -3.67. The molecule has 0 amide bonds. The first kappa shape index (κ1) is 15.1. The first-order valence-electron chi connectivity index (χ1n) is 8.06. The molecule has 0 fully saturated rings. The van der Waals surface area contributed by atoms with Crippen LogP contribution in [0.25, 0.3) is 22.0 Å². The van der Waals surface area contributed by atoms with Gasteiger partial charge in [-0.3, -0.25) is 4.79 Å². The molecule has 7 heteroatoms. The zero-order chi connectivity index (χ0) is 17.9. The Bertz CT molecular complexity index is 1340. The van der Waals surface area contributed by atoms with Crippen LogP contribution in [0.5, 0.6) is 0 Å². The molecule has 0 unspecified atom stereocenters. The van der Waals surface area contributed by atoms with Crippen molar-refractivity contribution in [3.8, 4) is 11.3 Å². The molecular formula is C19H13N3O3S. The molecule has 0 atom stereocenters. The Hall–Kier alpha value is -3.19. The van der Waals surface area contributed by atoms with E-state index in [0.717, 1.165) is 31.7 Å². The summed E-state index contributed by atoms with van der Waals surface area (Å²) in [5.74, 6) is 0. The molecule has 2 aromatic carbocycles. The lowest BCUT2D eigenvalue weighted by Crippen LogP contribution is -2.11. The van der Waals surface area contributed by atoms with Crippen molar-refractivity contribution in [3.05, 3.63) is 82.7 Å². The lowest BCUT2D eigenvalue weighted by Gasteiger charge is -2.07. The van der Waals surface area contributed by atoms with Crippen molar-refractivity contribution in [1.82, 2.24) is 13.9 Å². The van der Waals surface area contributed by atoms with Crippen LogP contribution in [-0.4, -0.2) is 22.4 Å². The van der Waals surface area contributed by atoms with E-state index in [0.29, 0.717) is 11.8 Å². The second-order valence-corrected chi connectivity index (χ2v) is 8.09. The number of fused-ring (bicyclic) bond motifs is 5. The average molecular weight is 363 g/mol. The van der Waals surface area contributed by atoms with Gasteiger partial charge in [-0.25, -0.2) is 17.4 Å². The first-order chi connectivity index (χ1) is 12.6. The molecule has 4 aromatic rings. The average Bonchev–Trinajstić information content (AvgIpc) is 3.30. The number of aromatic amines is 1. The van der Waals surface area contributed by atoms with Gasteiger partial charge in [-0.15, -0.1) is 0 Å². The van der Waals surface area contributed by atoms with E-state index in [-0.39, 0.29) is 10.5 Å². The van der Waals surface area contributed by atoms with Crippen molar-refractivity contribution in [2.45, 2.75) is 11.3 Å². The largest absolute Gasteiger partial charge is 0.321 e. The Morgan fingerprint density at radius 3 is 2.65 bits per heavy atom. The summed E-state index contributed by atoms with van der Waals surface area (Å²) >= 11 is 0. The summed E-state index contributed by atoms with van der Waals surface area (Å²) in [5, 5.41) is 1.55. The maximum Gasteiger partial charge on any atom is 0.268 e. The van der Waals surface area contributed by atoms with E-state index in [9.17, 15) is 13.2 Å². The predicted molar refractivity (Wildman–Crippen MR) is 97.6 cm³/mol. The Morgan fingerprint density at radius 1 is 1.08 bits per heavy atom. The highest BCUT2D eigenvalue weighted by atomic mass is 32.2. The smallest absolute Gasteiger partial charge is 0.268 e. The number of H-pyrrole nitrogens is 1. The summed E-state index contributed by atoms with van der Waals surface area (Å²) < 4.78 is 26.5. The second-order valence-electron chi connectivity index (χ2n) is 6.25. The van der Waals surface area contributed by atoms with Crippen molar-refractivity contribution in [3.63, 3.8) is 0 Å². The van der Waals surface area contributed by atoms with Gasteiger partial charge < -0.3 is 4.98 Å². The zero-order valence-electron chi connectivity index (χ0n) is 13.5. The minimum absolute atomic E-state index is 0.137. The molecule has 0 saturated heterocycles. The summed E-state index contributed by atoms with van der Waals surface area (Å²) in [4.78, 5) is 19.3. The highest BCUT2D eigenvalue weighted by Crippen LogP contribution is 2.38. The fourth-order valence-corrected chi connectivity index (χ4v) is 4.74. The molecule has 0 spiro atoms. The number of aromatic nitrogens is 3. The van der Waals surface area contributed by atoms with Gasteiger partial charge in [0, 0.05) is 29.8 Å². The molecule has 1 aliphatic carbocycles. The highest BCUT2D eigenvalue weighted by Gasteiger charge is 2.25. The topological polar surface area (TPSA) is 84.8 Å². The van der Waals surface area contributed by atoms with Gasteiger partial charge in [-0.2, -0.15) is 0 Å². The molecule has 1 N–H and O–H groups in total. The molecule has 0 radical (unpaired) electrons. The number of nitrogens with one attached hydrogen (secondary N) is 1. The Kier molecular flexibility index (Phi) is 2.99. The van der Waals surface area contributed by atoms with Gasteiger partial charge in [0.2, 0.25) is 0 Å². The van der Waals surface area contributed by atoms with Gasteiger partial charge in [0.1, 0.15) is 6.33 Å². The van der Waals surface area contributed by atoms with Gasteiger partial charge in [0.25, 0.3) is 15.6 Å². The Balaban J connectivity index is 1.70. The summed E-state index contributed by atoms with van der Waals surface area (Å²) in [6.07, 6.45) is 4.68. The number of rotatable bonds is 2. The molecule has 2 heterocycles. The minimum Gasteiger partial charge on any atom is -0.321 e. The van der Waals surface area contributed by atoms with E-state index >= 15 is 0 Å². The third-order valence-electron chi connectivity index (χ3n) is 4.81. The summed E-state index contributed by atoms with van der Waals surface area (Å²) in [5.41, 5.74) is 3.41. The molecule has 0 bridgehead atoms. The van der Waals surface area contributed by atoms with E-state index < -0.39 is 10.0 Å². The van der Waals surface area contributed by atoms with Gasteiger partial charge in [-0.1, -0.05) is 24.3 Å². The molecule has 1 aliphatic rings. The van der Waals surface area contributed by atoms with Gasteiger partial charge in [-0.05, 0) is 34.7 Å². The fourth-order valence-electron chi connectivity index (χ4n) is 3.57. The van der Waals surface area contributed by atoms with Crippen molar-refractivity contribution >= 4 is 20.8 Å². The van der Waals surface area contributed by atoms with E-state index in [1.54, 1.807) is 24.3 Å². The van der Waals surface area contributed by atoms with Crippen LogP contribution in [0.2, 0.25) is 0 Å². The quantitative estimate of drug-likeness (QED) is 0.522. The van der Waals surface area contributed by atoms with Gasteiger partial charge in [0.15, 0.2) is 0 Å².